The van der Waals surface area contributed by atoms with Crippen molar-refractivity contribution in [3.05, 3.63) is 57.6 Å². The average Bonchev–Trinajstić information content (AvgIpc) is 2.77. The van der Waals surface area contributed by atoms with Crippen LogP contribution in [0.5, 0.6) is 11.5 Å². The molecule has 6 N–H and O–H groups in total. The molecule has 2 aromatic carbocycles. The van der Waals surface area contributed by atoms with Gasteiger partial charge in [-0.25, -0.2) is 0 Å². The summed E-state index contributed by atoms with van der Waals surface area (Å²) in [6.07, 6.45) is -3.13. The first-order chi connectivity index (χ1) is 16.0. The normalized spacial score (nSPS) is 32.7. The lowest BCUT2D eigenvalue weighted by Gasteiger charge is -2.41. The minimum absolute atomic E-state index is 0.0382. The second kappa shape index (κ2) is 7.86. The summed E-state index contributed by atoms with van der Waals surface area (Å²) in [5.74, 6) is -2.06. The van der Waals surface area contributed by atoms with E-state index < -0.39 is 59.3 Å². The number of carbonyl (C=O) groups excluding carboxylic acids is 2. The number of ether oxygens (including phenoxy) is 2. The maximum absolute atomic E-state index is 13.3. The van der Waals surface area contributed by atoms with Gasteiger partial charge in [0.15, 0.2) is 17.9 Å². The van der Waals surface area contributed by atoms with Crippen LogP contribution in [0.4, 0.5) is 0 Å². The van der Waals surface area contributed by atoms with Crippen molar-refractivity contribution in [3.63, 3.8) is 0 Å². The van der Waals surface area contributed by atoms with Crippen molar-refractivity contribution in [2.75, 3.05) is 0 Å². The molecule has 9 heteroatoms. The van der Waals surface area contributed by atoms with E-state index in [1.54, 1.807) is 26.0 Å². The molecule has 9 nitrogen and oxygen atoms in total. The molecule has 3 aliphatic rings. The Morgan fingerprint density at radius 1 is 1.09 bits per heavy atom. The highest BCUT2D eigenvalue weighted by atomic mass is 16.7. The summed E-state index contributed by atoms with van der Waals surface area (Å²) < 4.78 is 11.8. The van der Waals surface area contributed by atoms with Gasteiger partial charge in [-0.15, -0.1) is 0 Å². The minimum atomic E-state index is -1.34. The Bertz CT molecular complexity index is 1190. The number of phenols is 2. The minimum Gasteiger partial charge on any atom is -0.507 e. The van der Waals surface area contributed by atoms with Crippen LogP contribution in [0.3, 0.4) is 0 Å². The van der Waals surface area contributed by atoms with Gasteiger partial charge in [0, 0.05) is 47.6 Å². The van der Waals surface area contributed by atoms with Gasteiger partial charge in [0.2, 0.25) is 0 Å². The predicted molar refractivity (Wildman–Crippen MR) is 119 cm³/mol. The molecule has 1 heterocycles. The number of hydrogen-bond donors (Lipinski definition) is 5. The third-order valence-electron chi connectivity index (χ3n) is 7.03. The van der Waals surface area contributed by atoms with Crippen molar-refractivity contribution in [1.29, 1.82) is 0 Å². The SMILES string of the molecule is C[C@@H]1O[C@@H](O[C@H]2C[C@@](C)(O)Cc3c(O)c4c(c(O)c32)C(=O)c2ccccc2C4=O)C[C@H](N)[C@H]1O. The Morgan fingerprint density at radius 3 is 2.26 bits per heavy atom. The van der Waals surface area contributed by atoms with Gasteiger partial charge in [0.05, 0.1) is 35.0 Å². The average molecular weight is 469 g/mol. The van der Waals surface area contributed by atoms with Gasteiger partial charge in [-0.1, -0.05) is 24.3 Å². The molecule has 1 saturated heterocycles. The number of benzene rings is 2. The molecule has 0 radical (unpaired) electrons. The lowest BCUT2D eigenvalue weighted by Crippen LogP contribution is -2.52. The fourth-order valence-electron chi connectivity index (χ4n) is 5.34. The van der Waals surface area contributed by atoms with Crippen LogP contribution in [0.2, 0.25) is 0 Å². The molecule has 0 amide bonds. The zero-order valence-electron chi connectivity index (χ0n) is 18.8. The Labute approximate surface area is 195 Å². The van der Waals surface area contributed by atoms with Crippen molar-refractivity contribution in [2.24, 2.45) is 5.73 Å². The number of hydrogen-bond acceptors (Lipinski definition) is 9. The Balaban J connectivity index is 1.63. The lowest BCUT2D eigenvalue weighted by atomic mass is 9.73. The van der Waals surface area contributed by atoms with Crippen molar-refractivity contribution >= 4 is 11.6 Å². The van der Waals surface area contributed by atoms with E-state index in [-0.39, 0.29) is 52.6 Å². The number of phenolic OH excluding ortho intramolecular Hbond substituents is 2. The van der Waals surface area contributed by atoms with Gasteiger partial charge in [0.1, 0.15) is 11.5 Å². The molecule has 5 rings (SSSR count). The van der Waals surface area contributed by atoms with Gasteiger partial charge in [-0.05, 0) is 13.8 Å². The molecule has 2 aromatic rings. The summed E-state index contributed by atoms with van der Waals surface area (Å²) in [7, 11) is 0. The largest absolute Gasteiger partial charge is 0.507 e. The number of aliphatic hydroxyl groups excluding tert-OH is 1. The number of ketones is 2. The molecule has 1 fully saturated rings. The predicted octanol–water partition coefficient (Wildman–Crippen LogP) is 1.45. The molecule has 0 spiro atoms. The summed E-state index contributed by atoms with van der Waals surface area (Å²) in [6.45, 7) is 3.22. The summed E-state index contributed by atoms with van der Waals surface area (Å²) in [5, 5.41) is 43.4. The standard InChI is InChI=1S/C25H27NO8/c1-10-20(27)14(26)7-16(33-10)34-15-9-25(2,32)8-13-17(15)24(31)19-18(23(13)30)21(28)11-5-3-4-6-12(11)22(19)29/h3-6,10,14-16,20,27,30-32H,7-9,26H2,1-2H3/t10-,14-,15-,16-,20-,25-/m0/s1. The Kier molecular flexibility index (Phi) is 5.30. The van der Waals surface area contributed by atoms with Crippen molar-refractivity contribution in [1.82, 2.24) is 0 Å². The molecule has 1 aliphatic heterocycles. The monoisotopic (exact) mass is 469 g/mol. The van der Waals surface area contributed by atoms with Crippen LogP contribution >= 0.6 is 0 Å². The molecule has 6 atom stereocenters. The van der Waals surface area contributed by atoms with Gasteiger partial charge in [0.25, 0.3) is 0 Å². The molecular weight excluding hydrogens is 442 g/mol. The van der Waals surface area contributed by atoms with E-state index in [2.05, 4.69) is 0 Å². The number of rotatable bonds is 2. The number of nitrogens with two attached hydrogens (primary N) is 1. The van der Waals surface area contributed by atoms with Crippen LogP contribution in [0, 0.1) is 0 Å². The fraction of sp³-hybridized carbons (Fsp3) is 0.440. The summed E-state index contributed by atoms with van der Waals surface area (Å²) in [6, 6.07) is 5.63. The summed E-state index contributed by atoms with van der Waals surface area (Å²) in [4.78, 5) is 26.5. The molecular formula is C25H27NO8. The van der Waals surface area contributed by atoms with Crippen molar-refractivity contribution < 1.29 is 39.5 Å². The first kappa shape index (κ1) is 22.9. The van der Waals surface area contributed by atoms with Gasteiger partial charge >= 0.3 is 0 Å². The third kappa shape index (κ3) is 3.43. The number of aromatic hydroxyl groups is 2. The van der Waals surface area contributed by atoms with E-state index in [0.717, 1.165) is 0 Å². The van der Waals surface area contributed by atoms with Crippen LogP contribution in [0.15, 0.2) is 24.3 Å². The topological polar surface area (TPSA) is 160 Å². The van der Waals surface area contributed by atoms with Crippen molar-refractivity contribution in [2.45, 2.75) is 69.4 Å². The van der Waals surface area contributed by atoms with Crippen LogP contribution in [0.1, 0.15) is 75.8 Å². The number of carbonyl (C=O) groups is 2. The highest BCUT2D eigenvalue weighted by Crippen LogP contribution is 2.51. The van der Waals surface area contributed by atoms with Gasteiger partial charge < -0.3 is 35.6 Å². The molecule has 180 valence electrons. The summed E-state index contributed by atoms with van der Waals surface area (Å²) >= 11 is 0. The van der Waals surface area contributed by atoms with Gasteiger partial charge in [-0.3, -0.25) is 9.59 Å². The van der Waals surface area contributed by atoms with E-state index >= 15 is 0 Å². The molecule has 0 unspecified atom stereocenters. The van der Waals surface area contributed by atoms with E-state index in [4.69, 9.17) is 15.2 Å². The second-order valence-electron chi connectivity index (χ2n) is 9.71. The fourth-order valence-corrected chi connectivity index (χ4v) is 5.34. The molecule has 0 aromatic heterocycles. The highest BCUT2D eigenvalue weighted by Gasteiger charge is 2.45. The Hall–Kier alpha value is -2.82. The smallest absolute Gasteiger partial charge is 0.198 e. The van der Waals surface area contributed by atoms with Gasteiger partial charge in [-0.2, -0.15) is 0 Å². The lowest BCUT2D eigenvalue weighted by molar-refractivity contribution is -0.247. The van der Waals surface area contributed by atoms with Crippen LogP contribution in [-0.2, 0) is 15.9 Å². The quantitative estimate of drug-likeness (QED) is 0.350. The number of aliphatic hydroxyl groups is 2. The van der Waals surface area contributed by atoms with Crippen LogP contribution < -0.4 is 5.73 Å². The molecule has 0 saturated carbocycles. The highest BCUT2D eigenvalue weighted by molar-refractivity contribution is 6.30. The van der Waals surface area contributed by atoms with E-state index in [9.17, 15) is 30.0 Å². The zero-order valence-corrected chi connectivity index (χ0v) is 18.8. The number of fused-ring (bicyclic) bond motifs is 3. The van der Waals surface area contributed by atoms with E-state index in [1.165, 1.54) is 12.1 Å². The van der Waals surface area contributed by atoms with Crippen molar-refractivity contribution in [3.8, 4) is 11.5 Å². The van der Waals surface area contributed by atoms with Crippen LogP contribution in [0.25, 0.3) is 0 Å². The van der Waals surface area contributed by atoms with E-state index in [0.29, 0.717) is 0 Å². The molecule has 0 bridgehead atoms. The maximum Gasteiger partial charge on any atom is 0.198 e. The zero-order chi connectivity index (χ0) is 24.5. The Morgan fingerprint density at radius 2 is 1.68 bits per heavy atom. The van der Waals surface area contributed by atoms with Crippen LogP contribution in [-0.4, -0.2) is 62.1 Å². The second-order valence-corrected chi connectivity index (χ2v) is 9.71. The third-order valence-corrected chi connectivity index (χ3v) is 7.03. The molecule has 2 aliphatic carbocycles. The maximum atomic E-state index is 13.3. The molecule has 34 heavy (non-hydrogen) atoms. The van der Waals surface area contributed by atoms with E-state index in [1.807, 2.05) is 0 Å². The summed E-state index contributed by atoms with van der Waals surface area (Å²) in [5.41, 5.74) is 4.68. The first-order valence-electron chi connectivity index (χ1n) is 11.3. The first-order valence-corrected chi connectivity index (χ1v) is 11.3.